The van der Waals surface area contributed by atoms with Crippen LogP contribution in [0.1, 0.15) is 19.4 Å². The summed E-state index contributed by atoms with van der Waals surface area (Å²) >= 11 is 6.12. The summed E-state index contributed by atoms with van der Waals surface area (Å²) in [5, 5.41) is 0.251. The van der Waals surface area contributed by atoms with Crippen molar-refractivity contribution in [1.82, 2.24) is 0 Å². The van der Waals surface area contributed by atoms with Crippen LogP contribution in [0.15, 0.2) is 35.2 Å². The lowest BCUT2D eigenvalue weighted by Crippen LogP contribution is -2.33. The molecule has 1 amide bonds. The Bertz CT molecular complexity index is 1040. The second-order valence-corrected chi connectivity index (χ2v) is 8.61. The number of amides is 1. The van der Waals surface area contributed by atoms with E-state index in [2.05, 4.69) is 4.72 Å². The van der Waals surface area contributed by atoms with Crippen molar-refractivity contribution in [2.45, 2.75) is 31.2 Å². The molecule has 1 N–H and O–H groups in total. The summed E-state index contributed by atoms with van der Waals surface area (Å²) in [6, 6.07) is 7.66. The van der Waals surface area contributed by atoms with Crippen LogP contribution in [-0.2, 0) is 21.2 Å². The van der Waals surface area contributed by atoms with Crippen molar-refractivity contribution in [3.05, 3.63) is 40.9 Å². The average molecular weight is 425 g/mol. The average Bonchev–Trinajstić information content (AvgIpc) is 2.96. The van der Waals surface area contributed by atoms with Gasteiger partial charge in [-0.1, -0.05) is 11.6 Å². The number of rotatable bonds is 5. The van der Waals surface area contributed by atoms with Gasteiger partial charge >= 0.3 is 0 Å². The number of nitrogens with one attached hydrogen (secondary N) is 1. The van der Waals surface area contributed by atoms with Crippen LogP contribution in [-0.4, -0.2) is 34.6 Å². The lowest BCUT2D eigenvalue weighted by molar-refractivity contribution is -0.116. The third-order valence-corrected chi connectivity index (χ3v) is 6.29. The Kier molecular flexibility index (Phi) is 5.45. The van der Waals surface area contributed by atoms with Crippen molar-refractivity contribution < 1.29 is 22.7 Å². The van der Waals surface area contributed by atoms with Crippen molar-refractivity contribution in [3.8, 4) is 11.5 Å². The Hall–Kier alpha value is -2.45. The van der Waals surface area contributed by atoms with Gasteiger partial charge in [0.15, 0.2) is 0 Å². The zero-order valence-corrected chi connectivity index (χ0v) is 17.5. The van der Waals surface area contributed by atoms with Crippen LogP contribution in [0.2, 0.25) is 5.02 Å². The molecular weight excluding hydrogens is 404 g/mol. The van der Waals surface area contributed by atoms with E-state index in [1.54, 1.807) is 17.0 Å². The first-order chi connectivity index (χ1) is 13.2. The van der Waals surface area contributed by atoms with Gasteiger partial charge in [0.05, 0.1) is 29.8 Å². The molecule has 7 nitrogen and oxygen atoms in total. The van der Waals surface area contributed by atoms with E-state index in [0.29, 0.717) is 12.2 Å². The summed E-state index contributed by atoms with van der Waals surface area (Å²) in [6.45, 7) is 3.43. The van der Waals surface area contributed by atoms with Crippen LogP contribution in [0.4, 0.5) is 11.4 Å². The standard InChI is InChI=1S/C19H21ClN2O5S/c1-11-7-13-8-14(5-6-17(13)22(11)12(2)23)28(24,25)21-16-9-15(20)18(26-3)10-19(16)27-4/h5-6,8-11,21H,7H2,1-4H3. The molecule has 0 fully saturated rings. The number of sulfonamides is 1. The lowest BCUT2D eigenvalue weighted by atomic mass is 10.1. The number of anilines is 2. The van der Waals surface area contributed by atoms with Crippen LogP contribution < -0.4 is 19.1 Å². The molecule has 1 heterocycles. The second kappa shape index (κ2) is 7.52. The number of hydrogen-bond acceptors (Lipinski definition) is 5. The summed E-state index contributed by atoms with van der Waals surface area (Å²) in [5.41, 5.74) is 1.75. The largest absolute Gasteiger partial charge is 0.495 e. The second-order valence-electron chi connectivity index (χ2n) is 6.53. The molecule has 150 valence electrons. The molecule has 2 aromatic carbocycles. The number of fused-ring (bicyclic) bond motifs is 1. The normalized spacial score (nSPS) is 15.9. The van der Waals surface area contributed by atoms with Gasteiger partial charge in [0.1, 0.15) is 11.5 Å². The van der Waals surface area contributed by atoms with E-state index >= 15 is 0 Å². The molecule has 0 bridgehead atoms. The highest BCUT2D eigenvalue weighted by atomic mass is 35.5. The maximum Gasteiger partial charge on any atom is 0.262 e. The lowest BCUT2D eigenvalue weighted by Gasteiger charge is -2.20. The fraction of sp³-hybridized carbons (Fsp3) is 0.316. The van der Waals surface area contributed by atoms with Gasteiger partial charge in [-0.25, -0.2) is 8.42 Å². The third-order valence-electron chi connectivity index (χ3n) is 4.63. The Morgan fingerprint density at radius 2 is 1.86 bits per heavy atom. The molecule has 0 aromatic heterocycles. The zero-order valence-electron chi connectivity index (χ0n) is 15.9. The van der Waals surface area contributed by atoms with Crippen molar-refractivity contribution >= 4 is 38.9 Å². The first-order valence-electron chi connectivity index (χ1n) is 8.55. The first-order valence-corrected chi connectivity index (χ1v) is 10.4. The molecule has 1 aliphatic rings. The summed E-state index contributed by atoms with van der Waals surface area (Å²) < 4.78 is 38.7. The summed E-state index contributed by atoms with van der Waals surface area (Å²) in [5.74, 6) is 0.581. The predicted octanol–water partition coefficient (Wildman–Crippen LogP) is 3.46. The monoisotopic (exact) mass is 424 g/mol. The molecule has 28 heavy (non-hydrogen) atoms. The number of nitrogens with zero attached hydrogens (tertiary/aromatic N) is 1. The highest BCUT2D eigenvalue weighted by molar-refractivity contribution is 7.92. The van der Waals surface area contributed by atoms with Crippen LogP contribution >= 0.6 is 11.6 Å². The minimum atomic E-state index is -3.89. The summed E-state index contributed by atoms with van der Waals surface area (Å²) in [6.07, 6.45) is 0.593. The maximum absolute atomic E-state index is 12.9. The highest BCUT2D eigenvalue weighted by Gasteiger charge is 2.30. The van der Waals surface area contributed by atoms with E-state index in [4.69, 9.17) is 21.1 Å². The SMILES string of the molecule is COc1cc(OC)c(NS(=O)(=O)c2ccc3c(c2)CC(C)N3C(C)=O)cc1Cl. The Labute approximate surface area is 169 Å². The van der Waals surface area contributed by atoms with E-state index in [1.165, 1.54) is 39.3 Å². The number of halogens is 1. The molecule has 0 aliphatic carbocycles. The Morgan fingerprint density at radius 3 is 2.46 bits per heavy atom. The minimum Gasteiger partial charge on any atom is -0.495 e. The molecule has 0 saturated heterocycles. The number of carbonyl (C=O) groups excluding carboxylic acids is 1. The van der Waals surface area contributed by atoms with Gasteiger partial charge in [0, 0.05) is 24.7 Å². The molecule has 1 unspecified atom stereocenters. The topological polar surface area (TPSA) is 84.9 Å². The Balaban J connectivity index is 1.96. The van der Waals surface area contributed by atoms with Gasteiger partial charge < -0.3 is 14.4 Å². The van der Waals surface area contributed by atoms with Gasteiger partial charge in [-0.2, -0.15) is 0 Å². The van der Waals surface area contributed by atoms with E-state index in [9.17, 15) is 13.2 Å². The first kappa shape index (κ1) is 20.3. The van der Waals surface area contributed by atoms with Crippen LogP contribution in [0.3, 0.4) is 0 Å². The van der Waals surface area contributed by atoms with Gasteiger partial charge in [0.25, 0.3) is 10.0 Å². The molecular formula is C19H21ClN2O5S. The van der Waals surface area contributed by atoms with E-state index < -0.39 is 10.0 Å². The van der Waals surface area contributed by atoms with Crippen molar-refractivity contribution in [1.29, 1.82) is 0 Å². The molecule has 0 spiro atoms. The summed E-state index contributed by atoms with van der Waals surface area (Å²) in [7, 11) is -1.01. The zero-order chi connectivity index (χ0) is 20.6. The molecule has 0 saturated carbocycles. The van der Waals surface area contributed by atoms with Gasteiger partial charge in [-0.3, -0.25) is 9.52 Å². The minimum absolute atomic E-state index is 0.0149. The number of ether oxygens (including phenoxy) is 2. The third kappa shape index (κ3) is 3.62. The number of methoxy groups -OCH3 is 2. The van der Waals surface area contributed by atoms with E-state index in [1.807, 2.05) is 6.92 Å². The van der Waals surface area contributed by atoms with Crippen LogP contribution in [0.5, 0.6) is 11.5 Å². The number of carbonyl (C=O) groups is 1. The Morgan fingerprint density at radius 1 is 1.18 bits per heavy atom. The molecule has 1 aliphatic heterocycles. The molecule has 3 rings (SSSR count). The van der Waals surface area contributed by atoms with Crippen LogP contribution in [0, 0.1) is 0 Å². The quantitative estimate of drug-likeness (QED) is 0.794. The highest BCUT2D eigenvalue weighted by Crippen LogP contribution is 2.38. The molecule has 9 heteroatoms. The fourth-order valence-electron chi connectivity index (χ4n) is 3.40. The van der Waals surface area contributed by atoms with Gasteiger partial charge in [-0.05, 0) is 43.2 Å². The molecule has 2 aromatic rings. The van der Waals surface area contributed by atoms with Crippen molar-refractivity contribution in [2.24, 2.45) is 0 Å². The van der Waals surface area contributed by atoms with Crippen LogP contribution in [0.25, 0.3) is 0 Å². The molecule has 1 atom stereocenters. The summed E-state index contributed by atoms with van der Waals surface area (Å²) in [4.78, 5) is 13.6. The smallest absolute Gasteiger partial charge is 0.262 e. The van der Waals surface area contributed by atoms with Crippen molar-refractivity contribution in [2.75, 3.05) is 23.8 Å². The fourth-order valence-corrected chi connectivity index (χ4v) is 4.75. The van der Waals surface area contributed by atoms with Crippen molar-refractivity contribution in [3.63, 3.8) is 0 Å². The van der Waals surface area contributed by atoms with Gasteiger partial charge in [0.2, 0.25) is 5.91 Å². The predicted molar refractivity (Wildman–Crippen MR) is 108 cm³/mol. The number of hydrogen-bond donors (Lipinski definition) is 1. The molecule has 0 radical (unpaired) electrons. The van der Waals surface area contributed by atoms with E-state index in [-0.39, 0.29) is 33.3 Å². The number of benzene rings is 2. The maximum atomic E-state index is 12.9. The van der Waals surface area contributed by atoms with E-state index in [0.717, 1.165) is 11.3 Å². The van der Waals surface area contributed by atoms with Gasteiger partial charge in [-0.15, -0.1) is 0 Å².